The normalized spacial score (nSPS) is 10.5. The number of methoxy groups -OCH3 is 1. The first-order chi connectivity index (χ1) is 18.3. The number of pyridine rings is 1. The lowest BCUT2D eigenvalue weighted by atomic mass is 10.1. The fourth-order valence-electron chi connectivity index (χ4n) is 3.55. The first-order valence-corrected chi connectivity index (χ1v) is 11.7. The molecular weight excluding hydrogens is 491 g/mol. The molecule has 2 amide bonds. The molecule has 10 heteroatoms. The maximum Gasteiger partial charge on any atom is 0.307 e. The highest BCUT2D eigenvalue weighted by Crippen LogP contribution is 2.28. The van der Waals surface area contributed by atoms with Gasteiger partial charge in [0.2, 0.25) is 0 Å². The number of amides is 2. The molecule has 38 heavy (non-hydrogen) atoms. The molecule has 4 rings (SSSR count). The molecule has 0 bridgehead atoms. The van der Waals surface area contributed by atoms with Gasteiger partial charge in [-0.2, -0.15) is 0 Å². The van der Waals surface area contributed by atoms with Gasteiger partial charge in [-0.05, 0) is 55.0 Å². The van der Waals surface area contributed by atoms with E-state index in [4.69, 9.17) is 4.74 Å². The van der Waals surface area contributed by atoms with Crippen LogP contribution in [0.3, 0.4) is 0 Å². The van der Waals surface area contributed by atoms with Crippen molar-refractivity contribution < 1.29 is 28.2 Å². The number of carbonyl (C=O) groups is 3. The Morgan fingerprint density at radius 3 is 2.63 bits per heavy atom. The van der Waals surface area contributed by atoms with Gasteiger partial charge in [-0.25, -0.2) is 4.39 Å². The van der Waals surface area contributed by atoms with Crippen LogP contribution in [-0.2, 0) is 9.53 Å². The summed E-state index contributed by atoms with van der Waals surface area (Å²) in [4.78, 5) is 43.5. The Morgan fingerprint density at radius 1 is 1.00 bits per heavy atom. The molecule has 2 aromatic carbocycles. The first-order valence-electron chi connectivity index (χ1n) is 11.7. The fourth-order valence-corrected chi connectivity index (χ4v) is 3.55. The summed E-state index contributed by atoms with van der Waals surface area (Å²) in [6.45, 7) is 2.06. The van der Waals surface area contributed by atoms with E-state index in [1.54, 1.807) is 24.3 Å². The van der Waals surface area contributed by atoms with E-state index >= 15 is 0 Å². The molecule has 0 saturated heterocycles. The number of aryl methyl sites for hydroxylation is 1. The Kier molecular flexibility index (Phi) is 8.12. The highest BCUT2D eigenvalue weighted by molar-refractivity contribution is 6.04. The van der Waals surface area contributed by atoms with Crippen LogP contribution in [0, 0.1) is 12.7 Å². The van der Waals surface area contributed by atoms with Crippen molar-refractivity contribution in [3.05, 3.63) is 95.6 Å². The second-order valence-electron chi connectivity index (χ2n) is 8.33. The van der Waals surface area contributed by atoms with Crippen molar-refractivity contribution in [3.8, 4) is 22.9 Å². The van der Waals surface area contributed by atoms with E-state index in [0.717, 1.165) is 5.56 Å². The zero-order valence-electron chi connectivity index (χ0n) is 20.7. The summed E-state index contributed by atoms with van der Waals surface area (Å²) in [6.07, 6.45) is 3.05. The minimum atomic E-state index is -0.638. The van der Waals surface area contributed by atoms with E-state index < -0.39 is 17.7 Å². The number of nitrogens with one attached hydrogen (secondary N) is 3. The molecule has 0 spiro atoms. The van der Waals surface area contributed by atoms with Crippen LogP contribution in [0.2, 0.25) is 0 Å². The predicted octanol–water partition coefficient (Wildman–Crippen LogP) is 4.86. The molecule has 0 aliphatic rings. The summed E-state index contributed by atoms with van der Waals surface area (Å²) in [5.41, 5.74) is 3.17. The van der Waals surface area contributed by atoms with E-state index in [2.05, 4.69) is 25.3 Å². The molecule has 2 heterocycles. The third-order valence-electron chi connectivity index (χ3n) is 5.49. The van der Waals surface area contributed by atoms with Crippen molar-refractivity contribution >= 4 is 23.5 Å². The van der Waals surface area contributed by atoms with Gasteiger partial charge in [0.15, 0.2) is 11.6 Å². The number of nitrogens with zero attached hydrogens (tertiary/aromatic N) is 1. The number of aromatic amines is 1. The van der Waals surface area contributed by atoms with Gasteiger partial charge < -0.3 is 25.1 Å². The Balaban J connectivity index is 1.45. The third-order valence-corrected chi connectivity index (χ3v) is 5.49. The van der Waals surface area contributed by atoms with Crippen molar-refractivity contribution in [2.75, 3.05) is 19.0 Å². The second-order valence-corrected chi connectivity index (χ2v) is 8.33. The summed E-state index contributed by atoms with van der Waals surface area (Å²) in [7, 11) is 1.28. The summed E-state index contributed by atoms with van der Waals surface area (Å²) in [6, 6.07) is 15.9. The number of anilines is 1. The summed E-state index contributed by atoms with van der Waals surface area (Å²) in [5.74, 6) is -1.68. The molecular formula is C28H25FN4O5. The first kappa shape index (κ1) is 26.1. The molecule has 194 valence electrons. The van der Waals surface area contributed by atoms with Crippen molar-refractivity contribution in [3.63, 3.8) is 0 Å². The highest BCUT2D eigenvalue weighted by Gasteiger charge is 2.14. The van der Waals surface area contributed by atoms with Crippen molar-refractivity contribution in [1.29, 1.82) is 0 Å². The van der Waals surface area contributed by atoms with Crippen LogP contribution >= 0.6 is 0 Å². The number of aromatic nitrogens is 2. The Morgan fingerprint density at radius 2 is 1.84 bits per heavy atom. The van der Waals surface area contributed by atoms with E-state index in [9.17, 15) is 18.8 Å². The number of hydrogen-bond donors (Lipinski definition) is 3. The maximum atomic E-state index is 14.5. The Labute approximate surface area is 218 Å². The monoisotopic (exact) mass is 516 g/mol. The molecule has 3 N–H and O–H groups in total. The average molecular weight is 517 g/mol. The molecule has 9 nitrogen and oxygen atoms in total. The van der Waals surface area contributed by atoms with E-state index in [0.29, 0.717) is 22.6 Å². The number of hydrogen-bond acceptors (Lipinski definition) is 6. The van der Waals surface area contributed by atoms with E-state index in [1.165, 1.54) is 37.7 Å². The summed E-state index contributed by atoms with van der Waals surface area (Å²) < 4.78 is 24.8. The van der Waals surface area contributed by atoms with Crippen molar-refractivity contribution in [1.82, 2.24) is 15.3 Å². The Bertz CT molecular complexity index is 1480. The van der Waals surface area contributed by atoms with Gasteiger partial charge in [-0.1, -0.05) is 12.1 Å². The lowest BCUT2D eigenvalue weighted by Crippen LogP contribution is -2.25. The number of esters is 1. The van der Waals surface area contributed by atoms with E-state index in [1.807, 2.05) is 25.1 Å². The van der Waals surface area contributed by atoms with Crippen molar-refractivity contribution in [2.45, 2.75) is 13.3 Å². The van der Waals surface area contributed by atoms with Gasteiger partial charge in [-0.3, -0.25) is 19.4 Å². The number of benzene rings is 2. The van der Waals surface area contributed by atoms with Gasteiger partial charge in [-0.15, -0.1) is 0 Å². The number of halogens is 1. The standard InChI is InChI=1S/C28H25FN4O5/c1-17-4-3-5-20(12-17)33-28(36)18-6-7-22(29)25(14-18)38-21-8-10-30-24(15-21)23-13-19(16-32-23)27(35)31-11-9-26(34)37-2/h3-8,10,12-16,32H,9,11H2,1-2H3,(H,31,35)(H,33,36). The molecule has 4 aromatic rings. The van der Waals surface area contributed by atoms with Crippen LogP contribution in [0.15, 0.2) is 73.1 Å². The van der Waals surface area contributed by atoms with Crippen LogP contribution < -0.4 is 15.4 Å². The molecule has 0 radical (unpaired) electrons. The predicted molar refractivity (Wildman–Crippen MR) is 139 cm³/mol. The van der Waals surface area contributed by atoms with Crippen LogP contribution in [0.5, 0.6) is 11.5 Å². The molecule has 0 aliphatic heterocycles. The van der Waals surface area contributed by atoms with Crippen LogP contribution in [0.25, 0.3) is 11.4 Å². The second kappa shape index (κ2) is 11.8. The fraction of sp³-hybridized carbons (Fsp3) is 0.143. The minimum absolute atomic E-state index is 0.0613. The Hall–Kier alpha value is -4.99. The maximum absolute atomic E-state index is 14.5. The average Bonchev–Trinajstić information content (AvgIpc) is 3.40. The summed E-state index contributed by atoms with van der Waals surface area (Å²) >= 11 is 0. The number of carbonyl (C=O) groups excluding carboxylic acids is 3. The molecule has 0 saturated carbocycles. The molecule has 0 aliphatic carbocycles. The number of H-pyrrole nitrogens is 1. The lowest BCUT2D eigenvalue weighted by molar-refractivity contribution is -0.140. The summed E-state index contributed by atoms with van der Waals surface area (Å²) in [5, 5.41) is 5.42. The number of rotatable bonds is 9. The zero-order chi connectivity index (χ0) is 27.1. The van der Waals surface area contributed by atoms with Crippen LogP contribution in [-0.4, -0.2) is 41.4 Å². The van der Waals surface area contributed by atoms with E-state index in [-0.39, 0.29) is 35.9 Å². The SMILES string of the molecule is COC(=O)CCNC(=O)c1c[nH]c(-c2cc(Oc3cc(C(=O)Nc4cccc(C)c4)ccc3F)ccn2)c1. The molecule has 2 aromatic heterocycles. The van der Waals surface area contributed by atoms with Gasteiger partial charge in [0.05, 0.1) is 30.5 Å². The quantitative estimate of drug-likeness (QED) is 0.273. The largest absolute Gasteiger partial charge is 0.469 e. The third kappa shape index (κ3) is 6.61. The highest BCUT2D eigenvalue weighted by atomic mass is 19.1. The smallest absolute Gasteiger partial charge is 0.307 e. The topological polar surface area (TPSA) is 122 Å². The lowest BCUT2D eigenvalue weighted by Gasteiger charge is -2.10. The zero-order valence-corrected chi connectivity index (χ0v) is 20.7. The molecule has 0 unspecified atom stereocenters. The van der Waals surface area contributed by atoms with Gasteiger partial charge in [0, 0.05) is 36.3 Å². The van der Waals surface area contributed by atoms with Crippen LogP contribution in [0.4, 0.5) is 10.1 Å². The molecule has 0 atom stereocenters. The van der Waals surface area contributed by atoms with Crippen LogP contribution in [0.1, 0.15) is 32.7 Å². The van der Waals surface area contributed by atoms with Crippen molar-refractivity contribution in [2.24, 2.45) is 0 Å². The van der Waals surface area contributed by atoms with Gasteiger partial charge in [0.1, 0.15) is 5.75 Å². The van der Waals surface area contributed by atoms with Gasteiger partial charge >= 0.3 is 5.97 Å². The number of ether oxygens (including phenoxy) is 2. The van der Waals surface area contributed by atoms with Gasteiger partial charge in [0.25, 0.3) is 11.8 Å². The minimum Gasteiger partial charge on any atom is -0.469 e. The molecule has 0 fully saturated rings.